The highest BCUT2D eigenvalue weighted by atomic mass is 32.2. The van der Waals surface area contributed by atoms with Crippen molar-refractivity contribution >= 4 is 11.8 Å². The van der Waals surface area contributed by atoms with Crippen LogP contribution in [0.2, 0.25) is 0 Å². The first-order valence-corrected chi connectivity index (χ1v) is 6.48. The molecule has 0 aliphatic rings. The lowest BCUT2D eigenvalue weighted by Crippen LogP contribution is -2.03. The summed E-state index contributed by atoms with van der Waals surface area (Å²) in [5, 5.41) is 9.27. The van der Waals surface area contributed by atoms with Gasteiger partial charge in [-0.05, 0) is 30.4 Å². The molecule has 90 valence electrons. The zero-order chi connectivity index (χ0) is 12.0. The second-order valence-corrected chi connectivity index (χ2v) is 4.81. The fraction of sp³-hybridized carbons (Fsp3) is 0.500. The van der Waals surface area contributed by atoms with Crippen LogP contribution in [0.15, 0.2) is 18.2 Å². The zero-order valence-corrected chi connectivity index (χ0v) is 10.4. The largest absolute Gasteiger partial charge is 0.490 e. The molecule has 0 saturated carbocycles. The second-order valence-electron chi connectivity index (χ2n) is 3.41. The summed E-state index contributed by atoms with van der Waals surface area (Å²) in [5.41, 5.74) is 0.563. The predicted octanol–water partition coefficient (Wildman–Crippen LogP) is 3.01. The summed E-state index contributed by atoms with van der Waals surface area (Å²) in [6.45, 7) is 4.18. The third kappa shape index (κ3) is 4.02. The summed E-state index contributed by atoms with van der Waals surface area (Å²) >= 11 is 1.75. The van der Waals surface area contributed by atoms with Gasteiger partial charge >= 0.3 is 0 Å². The number of rotatable bonds is 6. The van der Waals surface area contributed by atoms with Crippen molar-refractivity contribution in [1.29, 1.82) is 0 Å². The van der Waals surface area contributed by atoms with E-state index >= 15 is 0 Å². The monoisotopic (exact) mass is 244 g/mol. The van der Waals surface area contributed by atoms with E-state index in [9.17, 15) is 9.50 Å². The van der Waals surface area contributed by atoms with Gasteiger partial charge in [0.25, 0.3) is 0 Å². The molecule has 0 aliphatic carbocycles. The molecular weight excluding hydrogens is 227 g/mol. The number of benzene rings is 1. The minimum Gasteiger partial charge on any atom is -0.490 e. The Hall–Kier alpha value is -0.740. The van der Waals surface area contributed by atoms with Gasteiger partial charge in [0.05, 0.1) is 12.7 Å². The molecule has 0 unspecified atom stereocenters. The molecule has 0 spiro atoms. The molecule has 16 heavy (non-hydrogen) atoms. The maximum Gasteiger partial charge on any atom is 0.165 e. The fourth-order valence-corrected chi connectivity index (χ4v) is 1.74. The van der Waals surface area contributed by atoms with Gasteiger partial charge in [-0.1, -0.05) is 13.0 Å². The number of hydrogen-bond donors (Lipinski definition) is 1. The first-order chi connectivity index (χ1) is 7.65. The van der Waals surface area contributed by atoms with Gasteiger partial charge in [0.2, 0.25) is 0 Å². The average molecular weight is 244 g/mol. The maximum absolute atomic E-state index is 13.5. The molecule has 0 heterocycles. The molecule has 0 bridgehead atoms. The van der Waals surface area contributed by atoms with Gasteiger partial charge < -0.3 is 9.84 Å². The van der Waals surface area contributed by atoms with Crippen molar-refractivity contribution in [2.24, 2.45) is 0 Å². The van der Waals surface area contributed by atoms with E-state index in [0.717, 1.165) is 11.5 Å². The van der Waals surface area contributed by atoms with Crippen molar-refractivity contribution in [3.63, 3.8) is 0 Å². The molecule has 1 aromatic carbocycles. The summed E-state index contributed by atoms with van der Waals surface area (Å²) in [6.07, 6.45) is -0.654. The minimum absolute atomic E-state index is 0.251. The maximum atomic E-state index is 13.5. The summed E-state index contributed by atoms with van der Waals surface area (Å²) in [7, 11) is 0. The van der Waals surface area contributed by atoms with Crippen LogP contribution >= 0.6 is 11.8 Å². The number of ether oxygens (including phenoxy) is 1. The van der Waals surface area contributed by atoms with Crippen LogP contribution in [0.3, 0.4) is 0 Å². The number of aliphatic hydroxyl groups is 1. The van der Waals surface area contributed by atoms with Gasteiger partial charge in [-0.15, -0.1) is 0 Å². The average Bonchev–Trinajstić information content (AvgIpc) is 2.26. The molecule has 1 aromatic rings. The first-order valence-electron chi connectivity index (χ1n) is 5.33. The van der Waals surface area contributed by atoms with Crippen LogP contribution in [0.1, 0.15) is 25.5 Å². The molecule has 1 N–H and O–H groups in total. The Morgan fingerprint density at radius 3 is 2.81 bits per heavy atom. The van der Waals surface area contributed by atoms with Crippen molar-refractivity contribution in [2.45, 2.75) is 20.0 Å². The summed E-state index contributed by atoms with van der Waals surface area (Å²) in [4.78, 5) is 0. The van der Waals surface area contributed by atoms with Crippen molar-refractivity contribution in [2.75, 3.05) is 18.1 Å². The van der Waals surface area contributed by atoms with Gasteiger partial charge in [0, 0.05) is 5.75 Å². The van der Waals surface area contributed by atoms with E-state index in [4.69, 9.17) is 4.74 Å². The van der Waals surface area contributed by atoms with Gasteiger partial charge in [-0.2, -0.15) is 11.8 Å². The highest BCUT2D eigenvalue weighted by Crippen LogP contribution is 2.22. The Bertz CT molecular complexity index is 329. The third-order valence-electron chi connectivity index (χ3n) is 2.13. The lowest BCUT2D eigenvalue weighted by Gasteiger charge is -2.09. The van der Waals surface area contributed by atoms with Crippen molar-refractivity contribution < 1.29 is 14.2 Å². The molecular formula is C12H17FO2S. The van der Waals surface area contributed by atoms with Crippen LogP contribution in [0.4, 0.5) is 4.39 Å². The highest BCUT2D eigenvalue weighted by Gasteiger charge is 2.07. The number of thioether (sulfide) groups is 1. The Morgan fingerprint density at radius 2 is 2.25 bits per heavy atom. The molecule has 1 rings (SSSR count). The molecule has 0 fully saturated rings. The quantitative estimate of drug-likeness (QED) is 0.780. The molecule has 0 aromatic heterocycles. The lowest BCUT2D eigenvalue weighted by atomic mass is 10.1. The third-order valence-corrected chi connectivity index (χ3v) is 2.99. The van der Waals surface area contributed by atoms with E-state index in [1.165, 1.54) is 6.07 Å². The smallest absolute Gasteiger partial charge is 0.165 e. The van der Waals surface area contributed by atoms with E-state index in [1.807, 2.05) is 0 Å². The standard InChI is InChI=1S/C12H17FO2S/c1-3-16-7-6-15-12-5-4-10(9(2)14)8-11(12)13/h4-5,8-9,14H,3,6-7H2,1-2H3/t9-/m1/s1. The highest BCUT2D eigenvalue weighted by molar-refractivity contribution is 7.99. The Kier molecular flexibility index (Phi) is 5.63. The van der Waals surface area contributed by atoms with Gasteiger partial charge in [0.1, 0.15) is 0 Å². The Morgan fingerprint density at radius 1 is 1.50 bits per heavy atom. The van der Waals surface area contributed by atoms with Crippen molar-refractivity contribution in [1.82, 2.24) is 0 Å². The van der Waals surface area contributed by atoms with Crippen molar-refractivity contribution in [3.8, 4) is 5.75 Å². The van der Waals surface area contributed by atoms with E-state index in [1.54, 1.807) is 30.8 Å². The van der Waals surface area contributed by atoms with E-state index in [-0.39, 0.29) is 5.75 Å². The van der Waals surface area contributed by atoms with Gasteiger partial charge in [-0.25, -0.2) is 4.39 Å². The normalized spacial score (nSPS) is 12.5. The number of hydrogen-bond acceptors (Lipinski definition) is 3. The molecule has 4 heteroatoms. The van der Waals surface area contributed by atoms with Crippen molar-refractivity contribution in [3.05, 3.63) is 29.6 Å². The minimum atomic E-state index is -0.654. The van der Waals surface area contributed by atoms with Gasteiger partial charge in [0.15, 0.2) is 11.6 Å². The van der Waals surface area contributed by atoms with Crippen LogP contribution in [0.25, 0.3) is 0 Å². The molecule has 0 saturated heterocycles. The number of halogens is 1. The predicted molar refractivity (Wildman–Crippen MR) is 65.5 cm³/mol. The van der Waals surface area contributed by atoms with Crippen LogP contribution < -0.4 is 4.74 Å². The Labute approximate surface area is 99.8 Å². The molecule has 0 aliphatic heterocycles. The van der Waals surface area contributed by atoms with Crippen LogP contribution in [0.5, 0.6) is 5.75 Å². The topological polar surface area (TPSA) is 29.5 Å². The lowest BCUT2D eigenvalue weighted by molar-refractivity contribution is 0.198. The van der Waals surface area contributed by atoms with E-state index in [0.29, 0.717) is 12.2 Å². The molecule has 1 atom stereocenters. The van der Waals surface area contributed by atoms with E-state index in [2.05, 4.69) is 6.92 Å². The molecule has 0 radical (unpaired) electrons. The summed E-state index contributed by atoms with van der Waals surface area (Å²) < 4.78 is 18.8. The Balaban J connectivity index is 2.54. The van der Waals surface area contributed by atoms with Crippen LogP contribution in [-0.2, 0) is 0 Å². The van der Waals surface area contributed by atoms with Gasteiger partial charge in [-0.3, -0.25) is 0 Å². The summed E-state index contributed by atoms with van der Waals surface area (Å²) in [6, 6.07) is 4.55. The van der Waals surface area contributed by atoms with Crippen LogP contribution in [-0.4, -0.2) is 23.2 Å². The molecule has 0 amide bonds. The number of aliphatic hydroxyl groups excluding tert-OH is 1. The van der Waals surface area contributed by atoms with E-state index < -0.39 is 11.9 Å². The second kappa shape index (κ2) is 6.76. The molecule has 2 nitrogen and oxygen atoms in total. The zero-order valence-electron chi connectivity index (χ0n) is 9.57. The first kappa shape index (κ1) is 13.3. The SMILES string of the molecule is CCSCCOc1ccc([C@@H](C)O)cc1F. The summed E-state index contributed by atoms with van der Waals surface area (Å²) in [5.74, 6) is 1.72. The van der Waals surface area contributed by atoms with Crippen LogP contribution in [0, 0.1) is 5.82 Å². The fourth-order valence-electron chi connectivity index (χ4n) is 1.25.